The molecule has 0 spiro atoms. The number of piperidine rings is 1. The second kappa shape index (κ2) is 12.2. The van der Waals surface area contributed by atoms with Crippen LogP contribution in [0.1, 0.15) is 28.8 Å². The summed E-state index contributed by atoms with van der Waals surface area (Å²) in [7, 11) is 4.19. The number of hydrogen-bond donors (Lipinski definition) is 1. The maximum absolute atomic E-state index is 13.4. The first kappa shape index (κ1) is 25.2. The van der Waals surface area contributed by atoms with Gasteiger partial charge in [0.1, 0.15) is 0 Å². The van der Waals surface area contributed by atoms with Gasteiger partial charge < -0.3 is 20.0 Å². The molecule has 4 rings (SSSR count). The number of benzene rings is 2. The lowest BCUT2D eigenvalue weighted by Crippen LogP contribution is -2.50. The number of anilines is 1. The molecular weight excluding hydrogens is 438 g/mol. The molecule has 1 N–H and O–H groups in total. The van der Waals surface area contributed by atoms with Gasteiger partial charge in [0, 0.05) is 64.1 Å². The van der Waals surface area contributed by atoms with E-state index < -0.39 is 0 Å². The van der Waals surface area contributed by atoms with Gasteiger partial charge in [-0.3, -0.25) is 14.5 Å². The van der Waals surface area contributed by atoms with Crippen LogP contribution in [0.15, 0.2) is 54.6 Å². The highest BCUT2D eigenvalue weighted by atomic mass is 16.2. The van der Waals surface area contributed by atoms with Crippen molar-refractivity contribution >= 4 is 17.5 Å². The summed E-state index contributed by atoms with van der Waals surface area (Å²) in [4.78, 5) is 34.8. The minimum Gasteiger partial charge on any atom is -0.371 e. The highest BCUT2D eigenvalue weighted by Crippen LogP contribution is 2.26. The molecule has 2 aliphatic rings. The van der Waals surface area contributed by atoms with E-state index in [0.717, 1.165) is 82.0 Å². The molecular formula is C28H39N5O2. The van der Waals surface area contributed by atoms with Crippen molar-refractivity contribution in [2.45, 2.75) is 25.3 Å². The molecule has 2 aromatic carbocycles. The maximum Gasteiger partial charge on any atom is 0.256 e. The van der Waals surface area contributed by atoms with E-state index in [1.54, 1.807) is 0 Å². The molecule has 7 nitrogen and oxygen atoms in total. The van der Waals surface area contributed by atoms with Crippen molar-refractivity contribution in [1.82, 2.24) is 20.0 Å². The number of likely N-dealkylation sites (N-methyl/N-ethyl adjacent to an activating group) is 1. The first-order valence-corrected chi connectivity index (χ1v) is 12.8. The zero-order valence-corrected chi connectivity index (χ0v) is 21.2. The highest BCUT2D eigenvalue weighted by molar-refractivity contribution is 6.00. The Morgan fingerprint density at radius 2 is 1.54 bits per heavy atom. The van der Waals surface area contributed by atoms with Crippen molar-refractivity contribution in [3.05, 3.63) is 65.7 Å². The Kier molecular flexibility index (Phi) is 8.77. The lowest BCUT2D eigenvalue weighted by Gasteiger charge is -2.37. The zero-order valence-electron chi connectivity index (χ0n) is 21.2. The van der Waals surface area contributed by atoms with Crippen molar-refractivity contribution in [3.8, 4) is 0 Å². The molecule has 0 aliphatic carbocycles. The second-order valence-corrected chi connectivity index (χ2v) is 9.95. The fourth-order valence-electron chi connectivity index (χ4n) is 4.94. The summed E-state index contributed by atoms with van der Waals surface area (Å²) in [5.41, 5.74) is 2.84. The first-order chi connectivity index (χ1) is 17.0. The second-order valence-electron chi connectivity index (χ2n) is 9.95. The summed E-state index contributed by atoms with van der Waals surface area (Å²) in [5.74, 6) is 0.209. The number of nitrogens with one attached hydrogen (secondary N) is 1. The van der Waals surface area contributed by atoms with Crippen LogP contribution in [0.3, 0.4) is 0 Å². The van der Waals surface area contributed by atoms with E-state index in [1.165, 1.54) is 0 Å². The van der Waals surface area contributed by atoms with E-state index >= 15 is 0 Å². The van der Waals surface area contributed by atoms with Crippen molar-refractivity contribution < 1.29 is 9.59 Å². The summed E-state index contributed by atoms with van der Waals surface area (Å²) in [5, 5.41) is 3.20. The molecule has 0 radical (unpaired) electrons. The lowest BCUT2D eigenvalue weighted by atomic mass is 10.0. The highest BCUT2D eigenvalue weighted by Gasteiger charge is 2.27. The van der Waals surface area contributed by atoms with Gasteiger partial charge in [0.2, 0.25) is 5.91 Å². The molecule has 188 valence electrons. The Balaban J connectivity index is 1.29. The summed E-state index contributed by atoms with van der Waals surface area (Å²) in [6.07, 6.45) is 2.18. The molecule has 2 heterocycles. The quantitative estimate of drug-likeness (QED) is 0.633. The molecule has 2 amide bonds. The molecule has 7 heteroatoms. The number of piperazine rings is 1. The Hall–Kier alpha value is -2.90. The minimum absolute atomic E-state index is 0.0787. The van der Waals surface area contributed by atoms with Gasteiger partial charge in [-0.2, -0.15) is 0 Å². The van der Waals surface area contributed by atoms with Crippen molar-refractivity contribution in [3.63, 3.8) is 0 Å². The van der Waals surface area contributed by atoms with Crippen molar-refractivity contribution in [2.75, 3.05) is 71.4 Å². The van der Waals surface area contributed by atoms with Crippen molar-refractivity contribution in [1.29, 1.82) is 0 Å². The molecule has 2 fully saturated rings. The number of carbonyl (C=O) groups is 2. The normalized spacial score (nSPS) is 17.6. The minimum atomic E-state index is 0.0787. The molecule has 35 heavy (non-hydrogen) atoms. The molecule has 2 aliphatic heterocycles. The van der Waals surface area contributed by atoms with E-state index in [1.807, 2.05) is 53.4 Å². The number of hydrogen-bond acceptors (Lipinski definition) is 5. The maximum atomic E-state index is 13.4. The molecule has 2 saturated heterocycles. The fourth-order valence-corrected chi connectivity index (χ4v) is 4.94. The van der Waals surface area contributed by atoms with Crippen LogP contribution in [0.4, 0.5) is 5.69 Å². The number of carbonyl (C=O) groups excluding carboxylic acids is 2. The Morgan fingerprint density at radius 1 is 0.886 bits per heavy atom. The van der Waals surface area contributed by atoms with E-state index in [4.69, 9.17) is 0 Å². The fraction of sp³-hybridized carbons (Fsp3) is 0.500. The standard InChI is InChI=1S/C28H39N5O2/c1-30(2)16-17-31-18-20-33(21-19-31)28(35)25-10-6-7-11-26(25)32-14-12-24(13-15-32)29-27(34)22-23-8-4-3-5-9-23/h3-11,24H,12-22H2,1-2H3,(H,29,34). The zero-order chi connectivity index (χ0) is 24.6. The summed E-state index contributed by atoms with van der Waals surface area (Å²) in [6, 6.07) is 18.0. The Labute approximate surface area is 209 Å². The lowest BCUT2D eigenvalue weighted by molar-refractivity contribution is -0.121. The van der Waals surface area contributed by atoms with Crippen LogP contribution in [-0.2, 0) is 11.2 Å². The molecule has 0 saturated carbocycles. The number of para-hydroxylation sites is 1. The average Bonchev–Trinajstić information content (AvgIpc) is 2.88. The number of nitrogens with zero attached hydrogens (tertiary/aromatic N) is 4. The third-order valence-corrected chi connectivity index (χ3v) is 7.07. The monoisotopic (exact) mass is 477 g/mol. The van der Waals surface area contributed by atoms with Gasteiger partial charge in [-0.05, 0) is 44.6 Å². The van der Waals surface area contributed by atoms with Gasteiger partial charge in [0.25, 0.3) is 5.91 Å². The molecule has 0 aromatic heterocycles. The summed E-state index contributed by atoms with van der Waals surface area (Å²) < 4.78 is 0. The SMILES string of the molecule is CN(C)CCN1CCN(C(=O)c2ccccc2N2CCC(NC(=O)Cc3ccccc3)CC2)CC1. The van der Waals surface area contributed by atoms with Crippen LogP contribution in [-0.4, -0.2) is 99.0 Å². The van der Waals surface area contributed by atoms with Gasteiger partial charge in [-0.1, -0.05) is 42.5 Å². The van der Waals surface area contributed by atoms with Crippen molar-refractivity contribution in [2.24, 2.45) is 0 Å². The largest absolute Gasteiger partial charge is 0.371 e. The predicted octanol–water partition coefficient (Wildman–Crippen LogP) is 2.33. The van der Waals surface area contributed by atoms with Crippen LogP contribution in [0.5, 0.6) is 0 Å². The van der Waals surface area contributed by atoms with E-state index in [2.05, 4.69) is 40.2 Å². The smallest absolute Gasteiger partial charge is 0.256 e. The van der Waals surface area contributed by atoms with Gasteiger partial charge >= 0.3 is 0 Å². The molecule has 0 unspecified atom stereocenters. The van der Waals surface area contributed by atoms with Gasteiger partial charge in [-0.15, -0.1) is 0 Å². The van der Waals surface area contributed by atoms with Crippen LogP contribution in [0.25, 0.3) is 0 Å². The molecule has 0 bridgehead atoms. The molecule has 0 atom stereocenters. The third-order valence-electron chi connectivity index (χ3n) is 7.07. The first-order valence-electron chi connectivity index (χ1n) is 12.8. The summed E-state index contributed by atoms with van der Waals surface area (Å²) >= 11 is 0. The van der Waals surface area contributed by atoms with E-state index in [9.17, 15) is 9.59 Å². The van der Waals surface area contributed by atoms with E-state index in [0.29, 0.717) is 6.42 Å². The van der Waals surface area contributed by atoms with Gasteiger partial charge in [-0.25, -0.2) is 0 Å². The number of amides is 2. The van der Waals surface area contributed by atoms with Crippen LogP contribution < -0.4 is 10.2 Å². The number of rotatable bonds is 8. The predicted molar refractivity (Wildman–Crippen MR) is 141 cm³/mol. The van der Waals surface area contributed by atoms with Crippen LogP contribution >= 0.6 is 0 Å². The third kappa shape index (κ3) is 7.05. The Morgan fingerprint density at radius 3 is 2.23 bits per heavy atom. The van der Waals surface area contributed by atoms with Crippen LogP contribution in [0.2, 0.25) is 0 Å². The average molecular weight is 478 g/mol. The molecule has 2 aromatic rings. The topological polar surface area (TPSA) is 59.1 Å². The van der Waals surface area contributed by atoms with Gasteiger partial charge in [0.05, 0.1) is 12.0 Å². The van der Waals surface area contributed by atoms with Gasteiger partial charge in [0.15, 0.2) is 0 Å². The summed E-state index contributed by atoms with van der Waals surface area (Å²) in [6.45, 7) is 7.15. The van der Waals surface area contributed by atoms with E-state index in [-0.39, 0.29) is 17.9 Å². The Bertz CT molecular complexity index is 964. The van der Waals surface area contributed by atoms with Crippen LogP contribution in [0, 0.1) is 0 Å².